The molecule has 2 aromatic rings. The Bertz CT molecular complexity index is 776. The zero-order chi connectivity index (χ0) is 18.2. The highest BCUT2D eigenvalue weighted by Gasteiger charge is 2.09. The Morgan fingerprint density at radius 1 is 1.08 bits per heavy atom. The van der Waals surface area contributed by atoms with Crippen LogP contribution in [0.1, 0.15) is 21.5 Å². The molecule has 0 radical (unpaired) electrons. The molecule has 0 saturated heterocycles. The lowest BCUT2D eigenvalue weighted by atomic mass is 10.1. The number of hydrogen-bond donors (Lipinski definition) is 2. The molecule has 0 aliphatic rings. The smallest absolute Gasteiger partial charge is 0.269 e. The second-order valence-corrected chi connectivity index (χ2v) is 8.01. The summed E-state index contributed by atoms with van der Waals surface area (Å²) >= 11 is 1.40. The van der Waals surface area contributed by atoms with E-state index in [-0.39, 0.29) is 11.7 Å². The highest BCUT2D eigenvalue weighted by molar-refractivity contribution is 8.00. The van der Waals surface area contributed by atoms with Gasteiger partial charge in [0.2, 0.25) is 5.91 Å². The number of nitrogens with one attached hydrogen (secondary N) is 2. The summed E-state index contributed by atoms with van der Waals surface area (Å²) in [6, 6.07) is 14.7. The van der Waals surface area contributed by atoms with E-state index < -0.39 is 16.7 Å². The summed E-state index contributed by atoms with van der Waals surface area (Å²) in [6.45, 7) is 2.00. The molecule has 7 heteroatoms. The number of carbonyl (C=O) groups is 2. The summed E-state index contributed by atoms with van der Waals surface area (Å²) in [6.07, 6.45) is 1.61. The first-order valence-corrected chi connectivity index (χ1v) is 10.3. The summed E-state index contributed by atoms with van der Waals surface area (Å²) in [5.41, 5.74) is 7.19. The molecular formula is C18H20N2O3S2. The fourth-order valence-corrected chi connectivity index (χ4v) is 3.40. The quantitative estimate of drug-likeness (QED) is 0.600. The van der Waals surface area contributed by atoms with Crippen LogP contribution >= 0.6 is 11.8 Å². The predicted molar refractivity (Wildman–Crippen MR) is 102 cm³/mol. The molecule has 0 fully saturated rings. The maximum atomic E-state index is 12.1. The number of rotatable bonds is 6. The Morgan fingerprint density at radius 3 is 2.48 bits per heavy atom. The van der Waals surface area contributed by atoms with Gasteiger partial charge < -0.3 is 0 Å². The first kappa shape index (κ1) is 19.2. The zero-order valence-electron chi connectivity index (χ0n) is 14.1. The molecule has 0 aliphatic carbocycles. The Morgan fingerprint density at radius 2 is 1.80 bits per heavy atom. The Labute approximate surface area is 154 Å². The highest BCUT2D eigenvalue weighted by Crippen LogP contribution is 2.17. The molecule has 0 spiro atoms. The Hall–Kier alpha value is -2.12. The molecule has 2 rings (SSSR count). The number of hydrogen-bond acceptors (Lipinski definition) is 4. The minimum absolute atomic E-state index is 0.207. The lowest BCUT2D eigenvalue weighted by Gasteiger charge is -2.08. The Kier molecular flexibility index (Phi) is 7.21. The Balaban J connectivity index is 1.81. The third-order valence-corrected chi connectivity index (χ3v) is 5.02. The van der Waals surface area contributed by atoms with E-state index in [9.17, 15) is 13.8 Å². The van der Waals surface area contributed by atoms with Gasteiger partial charge in [0.1, 0.15) is 0 Å². The van der Waals surface area contributed by atoms with Crippen molar-refractivity contribution in [1.29, 1.82) is 0 Å². The van der Waals surface area contributed by atoms with Crippen LogP contribution in [0.15, 0.2) is 53.4 Å². The molecule has 0 bridgehead atoms. The summed E-state index contributed by atoms with van der Waals surface area (Å²) in [5, 5.41) is 0. The van der Waals surface area contributed by atoms with E-state index in [0.717, 1.165) is 16.0 Å². The van der Waals surface area contributed by atoms with Gasteiger partial charge in [0.05, 0.1) is 5.75 Å². The van der Waals surface area contributed by atoms with Crippen molar-refractivity contribution in [2.24, 2.45) is 0 Å². The van der Waals surface area contributed by atoms with E-state index in [4.69, 9.17) is 0 Å². The van der Waals surface area contributed by atoms with E-state index in [1.54, 1.807) is 24.5 Å². The summed E-state index contributed by atoms with van der Waals surface area (Å²) in [4.78, 5) is 24.9. The van der Waals surface area contributed by atoms with Gasteiger partial charge in [-0.3, -0.25) is 24.6 Å². The fraction of sp³-hybridized carbons (Fsp3) is 0.222. The number of carbonyl (C=O) groups excluding carboxylic acids is 2. The van der Waals surface area contributed by atoms with Gasteiger partial charge in [-0.1, -0.05) is 29.8 Å². The van der Waals surface area contributed by atoms with Crippen molar-refractivity contribution < 1.29 is 13.8 Å². The molecule has 132 valence electrons. The van der Waals surface area contributed by atoms with E-state index in [2.05, 4.69) is 10.9 Å². The lowest BCUT2D eigenvalue weighted by molar-refractivity contribution is -0.119. The number of hydrazine groups is 1. The molecule has 2 amide bonds. The van der Waals surface area contributed by atoms with Gasteiger partial charge in [-0.2, -0.15) is 0 Å². The minimum atomic E-state index is -0.976. The first-order chi connectivity index (χ1) is 11.9. The van der Waals surface area contributed by atoms with Crippen molar-refractivity contribution in [3.8, 4) is 0 Å². The minimum Gasteiger partial charge on any atom is -0.272 e. The van der Waals surface area contributed by atoms with Crippen molar-refractivity contribution in [2.45, 2.75) is 17.6 Å². The first-order valence-electron chi connectivity index (χ1n) is 7.61. The van der Waals surface area contributed by atoms with Gasteiger partial charge in [-0.25, -0.2) is 0 Å². The molecule has 0 saturated carbocycles. The molecule has 2 aromatic carbocycles. The van der Waals surface area contributed by atoms with Gasteiger partial charge in [0, 0.05) is 33.3 Å². The number of aryl methyl sites for hydroxylation is 1. The summed E-state index contributed by atoms with van der Waals surface area (Å²) in [7, 11) is -0.976. The molecule has 0 heterocycles. The van der Waals surface area contributed by atoms with Crippen molar-refractivity contribution in [3.05, 3.63) is 65.2 Å². The third kappa shape index (κ3) is 6.72. The maximum Gasteiger partial charge on any atom is 0.269 e. The normalized spacial score (nSPS) is 11.6. The average molecular weight is 377 g/mol. The van der Waals surface area contributed by atoms with Gasteiger partial charge >= 0.3 is 0 Å². The zero-order valence-corrected chi connectivity index (χ0v) is 15.7. The molecule has 0 aliphatic heterocycles. The van der Waals surface area contributed by atoms with Crippen LogP contribution in [0.2, 0.25) is 0 Å². The SMILES string of the molecule is Cc1ccc(SCC(=O)NNC(=O)c2cccc(CS(C)=O)c2)cc1. The van der Waals surface area contributed by atoms with Gasteiger partial charge in [0.15, 0.2) is 0 Å². The second-order valence-electron chi connectivity index (χ2n) is 5.52. The fourth-order valence-electron chi connectivity index (χ4n) is 2.06. The lowest BCUT2D eigenvalue weighted by Crippen LogP contribution is -2.42. The van der Waals surface area contributed by atoms with Crippen molar-refractivity contribution in [1.82, 2.24) is 10.9 Å². The van der Waals surface area contributed by atoms with Crippen LogP contribution in [-0.2, 0) is 21.3 Å². The average Bonchev–Trinajstić information content (AvgIpc) is 2.59. The van der Waals surface area contributed by atoms with E-state index >= 15 is 0 Å². The third-order valence-electron chi connectivity index (χ3n) is 3.27. The van der Waals surface area contributed by atoms with Crippen LogP contribution in [0.4, 0.5) is 0 Å². The molecule has 1 atom stereocenters. The number of amides is 2. The summed E-state index contributed by atoms with van der Waals surface area (Å²) < 4.78 is 11.3. The largest absolute Gasteiger partial charge is 0.272 e. The van der Waals surface area contributed by atoms with Crippen LogP contribution in [0.3, 0.4) is 0 Å². The maximum absolute atomic E-state index is 12.1. The molecule has 2 N–H and O–H groups in total. The topological polar surface area (TPSA) is 75.3 Å². The van der Waals surface area contributed by atoms with Crippen LogP contribution in [0.5, 0.6) is 0 Å². The molecule has 25 heavy (non-hydrogen) atoms. The van der Waals surface area contributed by atoms with Crippen LogP contribution in [-0.4, -0.2) is 28.0 Å². The van der Waals surface area contributed by atoms with Crippen molar-refractivity contribution in [3.63, 3.8) is 0 Å². The predicted octanol–water partition coefficient (Wildman–Crippen LogP) is 2.43. The van der Waals surface area contributed by atoms with Crippen LogP contribution in [0.25, 0.3) is 0 Å². The van der Waals surface area contributed by atoms with Gasteiger partial charge in [-0.05, 0) is 36.8 Å². The number of benzene rings is 2. The van der Waals surface area contributed by atoms with Gasteiger partial charge in [0.25, 0.3) is 5.91 Å². The van der Waals surface area contributed by atoms with E-state index in [1.807, 2.05) is 37.3 Å². The second kappa shape index (κ2) is 9.39. The molecule has 5 nitrogen and oxygen atoms in total. The number of thioether (sulfide) groups is 1. The highest BCUT2D eigenvalue weighted by atomic mass is 32.2. The monoisotopic (exact) mass is 376 g/mol. The van der Waals surface area contributed by atoms with Crippen molar-refractivity contribution >= 4 is 34.4 Å². The van der Waals surface area contributed by atoms with E-state index in [0.29, 0.717) is 11.3 Å². The van der Waals surface area contributed by atoms with Crippen molar-refractivity contribution in [2.75, 3.05) is 12.0 Å². The molecular weight excluding hydrogens is 356 g/mol. The molecule has 0 aromatic heterocycles. The standard InChI is InChI=1S/C18H20N2O3S2/c1-13-6-8-16(9-7-13)24-11-17(21)19-20-18(22)15-5-3-4-14(10-15)12-25(2)23/h3-10H,11-12H2,1-2H3,(H,19,21)(H,20,22). The van der Waals surface area contributed by atoms with Gasteiger partial charge in [-0.15, -0.1) is 11.8 Å². The van der Waals surface area contributed by atoms with Crippen LogP contribution < -0.4 is 10.9 Å². The van der Waals surface area contributed by atoms with E-state index in [1.165, 1.54) is 11.8 Å². The van der Waals surface area contributed by atoms with Crippen LogP contribution in [0, 0.1) is 6.92 Å². The molecule has 1 unspecified atom stereocenters. The summed E-state index contributed by atoms with van der Waals surface area (Å²) in [5.74, 6) is -0.0963.